The van der Waals surface area contributed by atoms with E-state index in [9.17, 15) is 14.4 Å². The lowest BCUT2D eigenvalue weighted by Gasteiger charge is -2.18. The lowest BCUT2D eigenvalue weighted by atomic mass is 10.0. The molecular weight excluding hydrogens is 769 g/mol. The molecule has 6 heteroatoms. The van der Waals surface area contributed by atoms with Crippen LogP contribution in [0.25, 0.3) is 0 Å². The summed E-state index contributed by atoms with van der Waals surface area (Å²) in [6, 6.07) is 0. The first kappa shape index (κ1) is 60.2. The first-order valence-electron chi connectivity index (χ1n) is 27.7. The largest absolute Gasteiger partial charge is 0.462 e. The monoisotopic (exact) mass is 875 g/mol. The van der Waals surface area contributed by atoms with Gasteiger partial charge in [-0.2, -0.15) is 0 Å². The van der Waals surface area contributed by atoms with E-state index in [0.717, 1.165) is 57.8 Å². The zero-order valence-electron chi connectivity index (χ0n) is 41.9. The van der Waals surface area contributed by atoms with Gasteiger partial charge in [-0.05, 0) is 44.9 Å². The third-order valence-corrected chi connectivity index (χ3v) is 12.5. The van der Waals surface area contributed by atoms with Crippen molar-refractivity contribution in [1.82, 2.24) is 0 Å². The summed E-state index contributed by atoms with van der Waals surface area (Å²) in [6.45, 7) is 6.66. The van der Waals surface area contributed by atoms with E-state index in [0.29, 0.717) is 19.3 Å². The van der Waals surface area contributed by atoms with Gasteiger partial charge >= 0.3 is 17.9 Å². The number of carbonyl (C=O) groups excluding carboxylic acids is 3. The highest BCUT2D eigenvalue weighted by Crippen LogP contribution is 2.16. The summed E-state index contributed by atoms with van der Waals surface area (Å²) >= 11 is 0. The van der Waals surface area contributed by atoms with Crippen LogP contribution >= 0.6 is 0 Å². The van der Waals surface area contributed by atoms with Gasteiger partial charge in [-0.15, -0.1) is 0 Å². The predicted octanol–water partition coefficient (Wildman–Crippen LogP) is 18.2. The first-order chi connectivity index (χ1) is 30.5. The zero-order chi connectivity index (χ0) is 45.1. The summed E-state index contributed by atoms with van der Waals surface area (Å²) in [4.78, 5) is 37.9. The Bertz CT molecular complexity index is 962. The minimum Gasteiger partial charge on any atom is -0.462 e. The van der Waals surface area contributed by atoms with Crippen LogP contribution in [0, 0.1) is 0 Å². The summed E-state index contributed by atoms with van der Waals surface area (Å²) in [6.07, 6.45) is 57.8. The summed E-state index contributed by atoms with van der Waals surface area (Å²) in [5.41, 5.74) is 0. The molecular formula is C56H106O6. The van der Waals surface area contributed by atoms with Gasteiger partial charge in [-0.25, -0.2) is 0 Å². The molecule has 0 aromatic heterocycles. The van der Waals surface area contributed by atoms with Crippen LogP contribution in [-0.2, 0) is 28.6 Å². The minimum atomic E-state index is -0.763. The maximum absolute atomic E-state index is 12.8. The summed E-state index contributed by atoms with van der Waals surface area (Å²) in [7, 11) is 0. The molecule has 0 aliphatic carbocycles. The fraction of sp³-hybridized carbons (Fsp3) is 0.911. The van der Waals surface area contributed by atoms with E-state index in [4.69, 9.17) is 14.2 Å². The molecule has 0 bridgehead atoms. The molecule has 0 heterocycles. The summed E-state index contributed by atoms with van der Waals surface area (Å²) in [5, 5.41) is 0. The molecule has 0 spiro atoms. The number of hydrogen-bond donors (Lipinski definition) is 0. The van der Waals surface area contributed by atoms with Gasteiger partial charge in [0.15, 0.2) is 6.10 Å². The van der Waals surface area contributed by atoms with Crippen LogP contribution in [0.1, 0.15) is 310 Å². The zero-order valence-corrected chi connectivity index (χ0v) is 41.9. The van der Waals surface area contributed by atoms with Gasteiger partial charge in [0, 0.05) is 19.3 Å². The van der Waals surface area contributed by atoms with Crippen molar-refractivity contribution in [2.24, 2.45) is 0 Å². The molecule has 0 fully saturated rings. The normalized spacial score (nSPS) is 12.0. The molecule has 0 amide bonds. The van der Waals surface area contributed by atoms with Crippen molar-refractivity contribution in [1.29, 1.82) is 0 Å². The van der Waals surface area contributed by atoms with E-state index < -0.39 is 6.10 Å². The van der Waals surface area contributed by atoms with Gasteiger partial charge in [-0.1, -0.05) is 258 Å². The van der Waals surface area contributed by atoms with Crippen LogP contribution in [-0.4, -0.2) is 37.2 Å². The summed E-state index contributed by atoms with van der Waals surface area (Å²) in [5.74, 6) is -0.851. The lowest BCUT2D eigenvalue weighted by Crippen LogP contribution is -2.30. The molecule has 0 aliphatic rings. The van der Waals surface area contributed by atoms with Crippen LogP contribution in [0.4, 0.5) is 0 Å². The topological polar surface area (TPSA) is 78.9 Å². The highest BCUT2D eigenvalue weighted by molar-refractivity contribution is 5.71. The van der Waals surface area contributed by atoms with Crippen LogP contribution in [0.5, 0.6) is 0 Å². The Hall–Kier alpha value is -1.85. The summed E-state index contributed by atoms with van der Waals surface area (Å²) < 4.78 is 16.8. The first-order valence-corrected chi connectivity index (χ1v) is 27.7. The van der Waals surface area contributed by atoms with Crippen LogP contribution < -0.4 is 0 Å². The van der Waals surface area contributed by atoms with E-state index in [1.54, 1.807) is 0 Å². The number of carbonyl (C=O) groups is 3. The van der Waals surface area contributed by atoms with Crippen molar-refractivity contribution in [2.45, 2.75) is 316 Å². The molecule has 0 saturated heterocycles. The van der Waals surface area contributed by atoms with Gasteiger partial charge in [0.25, 0.3) is 0 Å². The lowest BCUT2D eigenvalue weighted by molar-refractivity contribution is -0.167. The van der Waals surface area contributed by atoms with Crippen LogP contribution in [0.2, 0.25) is 0 Å². The molecule has 6 nitrogen and oxygen atoms in total. The molecule has 0 aromatic carbocycles. The third-order valence-electron chi connectivity index (χ3n) is 12.5. The average molecular weight is 875 g/mol. The van der Waals surface area contributed by atoms with Gasteiger partial charge < -0.3 is 14.2 Å². The van der Waals surface area contributed by atoms with Crippen molar-refractivity contribution in [2.75, 3.05) is 13.2 Å². The molecule has 0 rings (SSSR count). The van der Waals surface area contributed by atoms with Crippen LogP contribution in [0.15, 0.2) is 12.2 Å². The Morgan fingerprint density at radius 1 is 0.306 bits per heavy atom. The maximum atomic E-state index is 12.8. The van der Waals surface area contributed by atoms with Crippen molar-refractivity contribution in [3.05, 3.63) is 12.2 Å². The van der Waals surface area contributed by atoms with Gasteiger partial charge in [0.1, 0.15) is 13.2 Å². The van der Waals surface area contributed by atoms with E-state index in [-0.39, 0.29) is 31.1 Å². The number of hydrogen-bond acceptors (Lipinski definition) is 6. The highest BCUT2D eigenvalue weighted by Gasteiger charge is 2.19. The second kappa shape index (κ2) is 51.8. The SMILES string of the molecule is CCCCCCCCCC/C=C\CCCCCCCCCCCC(=O)OCC(COC(=O)CCCCCCCCCCC)OC(=O)CCCCCCCCCCCCCCCC. The number of allylic oxidation sites excluding steroid dienone is 2. The second-order valence-corrected chi connectivity index (χ2v) is 18.9. The molecule has 0 aromatic rings. The minimum absolute atomic E-state index is 0.0654. The fourth-order valence-corrected chi connectivity index (χ4v) is 8.32. The van der Waals surface area contributed by atoms with Gasteiger partial charge in [0.2, 0.25) is 0 Å². The molecule has 0 aliphatic heterocycles. The maximum Gasteiger partial charge on any atom is 0.306 e. The molecule has 1 atom stereocenters. The molecule has 0 saturated carbocycles. The quantitative estimate of drug-likeness (QED) is 0.0262. The average Bonchev–Trinajstić information content (AvgIpc) is 3.27. The van der Waals surface area contributed by atoms with E-state index in [1.807, 2.05) is 0 Å². The van der Waals surface area contributed by atoms with E-state index in [2.05, 4.69) is 32.9 Å². The van der Waals surface area contributed by atoms with Crippen LogP contribution in [0.3, 0.4) is 0 Å². The third kappa shape index (κ3) is 49.2. The van der Waals surface area contributed by atoms with Gasteiger partial charge in [0.05, 0.1) is 0 Å². The molecule has 62 heavy (non-hydrogen) atoms. The Morgan fingerprint density at radius 3 is 0.806 bits per heavy atom. The Kier molecular flexibility index (Phi) is 50.2. The highest BCUT2D eigenvalue weighted by atomic mass is 16.6. The van der Waals surface area contributed by atoms with E-state index in [1.165, 1.54) is 212 Å². The number of rotatable bonds is 51. The van der Waals surface area contributed by atoms with Crippen molar-refractivity contribution in [3.8, 4) is 0 Å². The molecule has 1 unspecified atom stereocenters. The van der Waals surface area contributed by atoms with Crippen molar-refractivity contribution in [3.63, 3.8) is 0 Å². The molecule has 366 valence electrons. The predicted molar refractivity (Wildman–Crippen MR) is 266 cm³/mol. The number of esters is 3. The number of ether oxygens (including phenoxy) is 3. The smallest absolute Gasteiger partial charge is 0.306 e. The Labute approximate surface area is 386 Å². The standard InChI is InChI=1S/C56H106O6/c1-4-7-10-13-16-19-21-23-25-26-27-28-29-30-31-33-34-37-40-43-46-49-55(58)61-52-53(51-60-54(57)48-45-42-39-36-18-15-12-9-6-3)62-56(59)50-47-44-41-38-35-32-24-22-20-17-14-11-8-5-2/h26-27,53H,4-25,28-52H2,1-3H3/b27-26-. The van der Waals surface area contributed by atoms with Gasteiger partial charge in [-0.3, -0.25) is 14.4 Å². The van der Waals surface area contributed by atoms with Crippen molar-refractivity contribution >= 4 is 17.9 Å². The Morgan fingerprint density at radius 2 is 0.532 bits per heavy atom. The second-order valence-electron chi connectivity index (χ2n) is 18.9. The number of unbranched alkanes of at least 4 members (excludes halogenated alkanes) is 38. The fourth-order valence-electron chi connectivity index (χ4n) is 8.32. The van der Waals surface area contributed by atoms with Crippen molar-refractivity contribution < 1.29 is 28.6 Å². The molecule has 0 radical (unpaired) electrons. The molecule has 0 N–H and O–H groups in total. The van der Waals surface area contributed by atoms with E-state index >= 15 is 0 Å². The Balaban J connectivity index is 4.21.